The molecule has 2 aliphatic rings. The van der Waals surface area contributed by atoms with Gasteiger partial charge < -0.3 is 15.5 Å². The van der Waals surface area contributed by atoms with Gasteiger partial charge in [0, 0.05) is 19.0 Å². The maximum Gasteiger partial charge on any atom is 0.242 e. The molecule has 0 unspecified atom stereocenters. The summed E-state index contributed by atoms with van der Waals surface area (Å²) >= 11 is 1.56. The molecule has 7 heteroatoms. The van der Waals surface area contributed by atoms with Gasteiger partial charge in [0.25, 0.3) is 0 Å². The minimum atomic E-state index is 0. The molecule has 0 aliphatic carbocycles. The van der Waals surface area contributed by atoms with E-state index in [9.17, 15) is 9.59 Å². The first-order chi connectivity index (χ1) is 10.7. The van der Waals surface area contributed by atoms with Crippen molar-refractivity contribution in [2.45, 2.75) is 5.92 Å². The zero-order chi connectivity index (χ0) is 15.5. The van der Waals surface area contributed by atoms with Gasteiger partial charge in [-0.3, -0.25) is 9.59 Å². The van der Waals surface area contributed by atoms with E-state index in [4.69, 9.17) is 5.73 Å². The lowest BCUT2D eigenvalue weighted by Crippen LogP contribution is -2.40. The van der Waals surface area contributed by atoms with Crippen LogP contribution < -0.4 is 5.73 Å². The Kier molecular flexibility index (Phi) is 6.33. The van der Waals surface area contributed by atoms with Crippen molar-refractivity contribution in [1.82, 2.24) is 9.80 Å². The second-order valence-corrected chi connectivity index (χ2v) is 6.84. The summed E-state index contributed by atoms with van der Waals surface area (Å²) in [5, 5.41) is 0. The molecule has 2 N–H and O–H groups in total. The smallest absolute Gasteiger partial charge is 0.242 e. The van der Waals surface area contributed by atoms with E-state index < -0.39 is 0 Å². The summed E-state index contributed by atoms with van der Waals surface area (Å²) in [6.07, 6.45) is 0. The van der Waals surface area contributed by atoms with Crippen molar-refractivity contribution in [2.75, 3.05) is 37.8 Å². The number of likely N-dealkylation sites (tertiary alicyclic amines) is 1. The number of thioether (sulfide) groups is 1. The number of amides is 2. The van der Waals surface area contributed by atoms with E-state index in [1.807, 2.05) is 23.1 Å². The zero-order valence-corrected chi connectivity index (χ0v) is 14.5. The summed E-state index contributed by atoms with van der Waals surface area (Å²) in [6.45, 7) is 2.15. The monoisotopic (exact) mass is 355 g/mol. The summed E-state index contributed by atoms with van der Waals surface area (Å²) in [4.78, 5) is 27.6. The molecule has 0 spiro atoms. The average Bonchev–Trinajstić information content (AvgIpc) is 3.15. The molecule has 126 valence electrons. The van der Waals surface area contributed by atoms with Crippen LogP contribution in [0.5, 0.6) is 0 Å². The molecular weight excluding hydrogens is 334 g/mol. The topological polar surface area (TPSA) is 66.6 Å². The van der Waals surface area contributed by atoms with Crippen LogP contribution in [-0.4, -0.2) is 59.4 Å². The number of benzene rings is 1. The van der Waals surface area contributed by atoms with Crippen LogP contribution in [0.1, 0.15) is 11.5 Å². The Bertz CT molecular complexity index is 558. The number of rotatable bonds is 4. The molecule has 0 aromatic heterocycles. The molecule has 1 aromatic rings. The molecule has 0 saturated carbocycles. The van der Waals surface area contributed by atoms with E-state index in [2.05, 4.69) is 12.1 Å². The van der Waals surface area contributed by atoms with Gasteiger partial charge in [-0.15, -0.1) is 24.2 Å². The molecule has 2 saturated heterocycles. The van der Waals surface area contributed by atoms with Crippen LogP contribution in [0.25, 0.3) is 0 Å². The van der Waals surface area contributed by atoms with Gasteiger partial charge in [0.05, 0.1) is 11.6 Å². The molecule has 2 amide bonds. The van der Waals surface area contributed by atoms with Gasteiger partial charge >= 0.3 is 0 Å². The fraction of sp³-hybridized carbons (Fsp3) is 0.500. The van der Waals surface area contributed by atoms with Crippen molar-refractivity contribution in [2.24, 2.45) is 11.7 Å². The lowest BCUT2D eigenvalue weighted by molar-refractivity contribution is -0.137. The molecule has 23 heavy (non-hydrogen) atoms. The normalized spacial score (nSPS) is 24.0. The maximum absolute atomic E-state index is 12.5. The van der Waals surface area contributed by atoms with Crippen molar-refractivity contribution in [3.8, 4) is 0 Å². The first-order valence-electron chi connectivity index (χ1n) is 7.57. The third-order valence-electron chi connectivity index (χ3n) is 4.48. The van der Waals surface area contributed by atoms with Gasteiger partial charge in [-0.1, -0.05) is 30.3 Å². The highest BCUT2D eigenvalue weighted by Gasteiger charge is 2.36. The van der Waals surface area contributed by atoms with Crippen molar-refractivity contribution in [1.29, 1.82) is 0 Å². The largest absolute Gasteiger partial charge is 0.340 e. The van der Waals surface area contributed by atoms with E-state index in [0.29, 0.717) is 37.2 Å². The number of carbonyl (C=O) groups is 2. The van der Waals surface area contributed by atoms with E-state index in [1.165, 1.54) is 5.56 Å². The molecule has 2 atom stereocenters. The lowest BCUT2D eigenvalue weighted by Gasteiger charge is -2.20. The Balaban J connectivity index is 0.00000192. The van der Waals surface area contributed by atoms with Gasteiger partial charge in [0.15, 0.2) is 0 Å². The van der Waals surface area contributed by atoms with E-state index >= 15 is 0 Å². The van der Waals surface area contributed by atoms with Gasteiger partial charge in [-0.25, -0.2) is 0 Å². The average molecular weight is 356 g/mol. The Hall–Kier alpha value is -1.24. The first-order valence-corrected chi connectivity index (χ1v) is 8.73. The lowest BCUT2D eigenvalue weighted by atomic mass is 9.89. The molecular formula is C16H22ClN3O2S. The summed E-state index contributed by atoms with van der Waals surface area (Å²) in [5.74, 6) is 1.79. The maximum atomic E-state index is 12.5. The fourth-order valence-corrected chi connectivity index (χ4v) is 4.10. The number of carbonyl (C=O) groups excluding carboxylic acids is 2. The summed E-state index contributed by atoms with van der Waals surface area (Å²) < 4.78 is 0. The summed E-state index contributed by atoms with van der Waals surface area (Å²) in [6, 6.07) is 10.2. The first kappa shape index (κ1) is 18.1. The van der Waals surface area contributed by atoms with Crippen LogP contribution in [0.3, 0.4) is 0 Å². The van der Waals surface area contributed by atoms with Gasteiger partial charge in [0.1, 0.15) is 6.54 Å². The van der Waals surface area contributed by atoms with Crippen molar-refractivity contribution >= 4 is 36.0 Å². The molecule has 1 aromatic carbocycles. The van der Waals surface area contributed by atoms with Crippen LogP contribution in [0.4, 0.5) is 0 Å². The molecule has 0 bridgehead atoms. The van der Waals surface area contributed by atoms with Crippen molar-refractivity contribution in [3.63, 3.8) is 0 Å². The summed E-state index contributed by atoms with van der Waals surface area (Å²) in [7, 11) is 0. The quantitative estimate of drug-likeness (QED) is 0.879. The highest BCUT2D eigenvalue weighted by molar-refractivity contribution is 8.00. The van der Waals surface area contributed by atoms with Crippen LogP contribution in [0, 0.1) is 5.92 Å². The van der Waals surface area contributed by atoms with Crippen LogP contribution in [-0.2, 0) is 9.59 Å². The van der Waals surface area contributed by atoms with E-state index in [1.54, 1.807) is 16.7 Å². The minimum Gasteiger partial charge on any atom is -0.340 e. The number of nitrogens with zero attached hydrogens (tertiary/aromatic N) is 2. The third-order valence-corrected chi connectivity index (χ3v) is 5.42. The second kappa shape index (κ2) is 8.04. The number of hydrogen-bond donors (Lipinski definition) is 1. The predicted molar refractivity (Wildman–Crippen MR) is 94.6 cm³/mol. The highest BCUT2D eigenvalue weighted by Crippen LogP contribution is 2.32. The number of halogens is 1. The van der Waals surface area contributed by atoms with E-state index in [-0.39, 0.29) is 36.7 Å². The third kappa shape index (κ3) is 4.00. The Morgan fingerprint density at radius 1 is 1.26 bits per heavy atom. The van der Waals surface area contributed by atoms with Crippen LogP contribution in [0.2, 0.25) is 0 Å². The SMILES string of the molecule is Cl.NC[C@@H]1CN(C(=O)CN2CSCC2=O)C[C@H]1c1ccccc1. The second-order valence-electron chi connectivity index (χ2n) is 5.88. The predicted octanol–water partition coefficient (Wildman–Crippen LogP) is 1.14. The molecule has 0 radical (unpaired) electrons. The molecule has 2 heterocycles. The van der Waals surface area contributed by atoms with Gasteiger partial charge in [0.2, 0.25) is 11.8 Å². The highest BCUT2D eigenvalue weighted by atomic mass is 35.5. The standard InChI is InChI=1S/C16H21N3O2S.ClH/c17-6-13-7-18(8-14(13)12-4-2-1-3-5-12)15(20)9-19-11-22-10-16(19)21;/h1-5,13-14H,6-11,17H2;1H/t13-,14+;/m1./s1. The Labute approximate surface area is 147 Å². The van der Waals surface area contributed by atoms with E-state index in [0.717, 1.165) is 0 Å². The molecule has 2 fully saturated rings. The summed E-state index contributed by atoms with van der Waals surface area (Å²) in [5.41, 5.74) is 7.14. The number of nitrogens with two attached hydrogens (primary N) is 1. The van der Waals surface area contributed by atoms with Gasteiger partial charge in [-0.2, -0.15) is 0 Å². The van der Waals surface area contributed by atoms with Crippen molar-refractivity contribution in [3.05, 3.63) is 35.9 Å². The fourth-order valence-electron chi connectivity index (χ4n) is 3.20. The molecule has 3 rings (SSSR count). The molecule has 2 aliphatic heterocycles. The van der Waals surface area contributed by atoms with Crippen molar-refractivity contribution < 1.29 is 9.59 Å². The molecule has 5 nitrogen and oxygen atoms in total. The van der Waals surface area contributed by atoms with Crippen LogP contribution >= 0.6 is 24.2 Å². The van der Waals surface area contributed by atoms with Crippen LogP contribution in [0.15, 0.2) is 30.3 Å². The Morgan fingerprint density at radius 3 is 2.61 bits per heavy atom. The Morgan fingerprint density at radius 2 is 2.00 bits per heavy atom. The minimum absolute atomic E-state index is 0. The zero-order valence-electron chi connectivity index (χ0n) is 12.9. The number of hydrogen-bond acceptors (Lipinski definition) is 4. The van der Waals surface area contributed by atoms with Gasteiger partial charge in [-0.05, 0) is 18.0 Å².